The minimum atomic E-state index is 0.745. The number of aromatic nitrogens is 2. The molecule has 28 heavy (non-hydrogen) atoms. The monoisotopic (exact) mass is 376 g/mol. The normalized spacial score (nSPS) is 14.2. The van der Waals surface area contributed by atoms with Gasteiger partial charge in [-0.05, 0) is 56.6 Å². The topological polar surface area (TPSA) is 33.1 Å². The molecule has 4 nitrogen and oxygen atoms in total. The minimum Gasteiger partial charge on any atom is -0.324 e. The molecule has 1 saturated carbocycles. The zero-order valence-corrected chi connectivity index (χ0v) is 17.2. The van der Waals surface area contributed by atoms with Gasteiger partial charge >= 0.3 is 0 Å². The van der Waals surface area contributed by atoms with Gasteiger partial charge in [0.2, 0.25) is 0 Å². The van der Waals surface area contributed by atoms with Gasteiger partial charge in [0.05, 0.1) is 11.0 Å². The van der Waals surface area contributed by atoms with Crippen molar-refractivity contribution in [3.8, 4) is 11.4 Å². The first-order valence-corrected chi connectivity index (χ1v) is 10.8. The highest BCUT2D eigenvalue weighted by Crippen LogP contribution is 2.26. The predicted octanol–water partition coefficient (Wildman–Crippen LogP) is 4.69. The second-order valence-electron chi connectivity index (χ2n) is 7.81. The first-order chi connectivity index (χ1) is 13.8. The van der Waals surface area contributed by atoms with Gasteiger partial charge in [0.25, 0.3) is 0 Å². The van der Waals surface area contributed by atoms with Gasteiger partial charge in [0.1, 0.15) is 5.82 Å². The predicted molar refractivity (Wildman–Crippen MR) is 117 cm³/mol. The van der Waals surface area contributed by atoms with E-state index in [1.807, 2.05) is 0 Å². The van der Waals surface area contributed by atoms with Crippen LogP contribution < -0.4 is 5.32 Å². The SMILES string of the molecule is CCN(CC)CCCn1c(-c2ccc(CNC3CC3)cc2)nc2ccccc21. The maximum absolute atomic E-state index is 4.97. The summed E-state index contributed by atoms with van der Waals surface area (Å²) in [6.07, 6.45) is 3.80. The molecule has 1 N–H and O–H groups in total. The Labute approximate surface area is 168 Å². The van der Waals surface area contributed by atoms with E-state index in [0.29, 0.717) is 0 Å². The van der Waals surface area contributed by atoms with Crippen LogP contribution in [0, 0.1) is 0 Å². The van der Waals surface area contributed by atoms with Crippen molar-refractivity contribution >= 4 is 11.0 Å². The number of aryl methyl sites for hydroxylation is 1. The standard InChI is InChI=1S/C24H32N4/c1-3-27(4-2)16-7-17-28-23-9-6-5-8-22(23)26-24(28)20-12-10-19(11-13-20)18-25-21-14-15-21/h5-6,8-13,21,25H,3-4,7,14-18H2,1-2H3. The third-order valence-electron chi connectivity index (χ3n) is 5.79. The van der Waals surface area contributed by atoms with Gasteiger partial charge < -0.3 is 14.8 Å². The molecule has 0 saturated heterocycles. The Hall–Kier alpha value is -2.17. The van der Waals surface area contributed by atoms with E-state index in [1.165, 1.54) is 29.5 Å². The van der Waals surface area contributed by atoms with Crippen LogP contribution in [-0.4, -0.2) is 40.1 Å². The molecule has 4 rings (SSSR count). The Morgan fingerprint density at radius 2 is 1.79 bits per heavy atom. The van der Waals surface area contributed by atoms with Crippen molar-refractivity contribution < 1.29 is 0 Å². The molecule has 1 heterocycles. The lowest BCUT2D eigenvalue weighted by Gasteiger charge is -2.18. The van der Waals surface area contributed by atoms with Crippen molar-refractivity contribution in [1.29, 1.82) is 0 Å². The fraction of sp³-hybridized carbons (Fsp3) is 0.458. The molecule has 0 bridgehead atoms. The fourth-order valence-corrected chi connectivity index (χ4v) is 3.84. The third-order valence-corrected chi connectivity index (χ3v) is 5.79. The Kier molecular flexibility index (Phi) is 6.08. The van der Waals surface area contributed by atoms with Crippen LogP contribution in [0.4, 0.5) is 0 Å². The summed E-state index contributed by atoms with van der Waals surface area (Å²) in [5, 5.41) is 3.59. The van der Waals surface area contributed by atoms with Gasteiger partial charge in [-0.25, -0.2) is 4.98 Å². The van der Waals surface area contributed by atoms with E-state index >= 15 is 0 Å². The molecular weight excluding hydrogens is 344 g/mol. The lowest BCUT2D eigenvalue weighted by Crippen LogP contribution is -2.24. The van der Waals surface area contributed by atoms with Crippen LogP contribution in [-0.2, 0) is 13.1 Å². The third kappa shape index (κ3) is 4.45. The summed E-state index contributed by atoms with van der Waals surface area (Å²) in [6, 6.07) is 18.2. The Bertz CT molecular complexity index is 889. The molecule has 4 heteroatoms. The summed E-state index contributed by atoms with van der Waals surface area (Å²) in [5.41, 5.74) is 4.87. The van der Waals surface area contributed by atoms with E-state index < -0.39 is 0 Å². The zero-order valence-electron chi connectivity index (χ0n) is 17.2. The number of imidazole rings is 1. The van der Waals surface area contributed by atoms with Crippen molar-refractivity contribution in [3.05, 3.63) is 54.1 Å². The molecule has 3 aromatic rings. The van der Waals surface area contributed by atoms with Gasteiger partial charge in [-0.2, -0.15) is 0 Å². The lowest BCUT2D eigenvalue weighted by atomic mass is 10.1. The molecule has 0 atom stereocenters. The van der Waals surface area contributed by atoms with Crippen LogP contribution >= 0.6 is 0 Å². The zero-order chi connectivity index (χ0) is 19.3. The van der Waals surface area contributed by atoms with Gasteiger partial charge in [-0.1, -0.05) is 50.2 Å². The van der Waals surface area contributed by atoms with Gasteiger partial charge in [0, 0.05) is 24.7 Å². The number of fused-ring (bicyclic) bond motifs is 1. The second-order valence-corrected chi connectivity index (χ2v) is 7.81. The summed E-state index contributed by atoms with van der Waals surface area (Å²) >= 11 is 0. The largest absolute Gasteiger partial charge is 0.324 e. The number of nitrogens with one attached hydrogen (secondary N) is 1. The molecule has 0 spiro atoms. The number of benzene rings is 2. The van der Waals surface area contributed by atoms with Crippen LogP contribution in [0.3, 0.4) is 0 Å². The summed E-state index contributed by atoms with van der Waals surface area (Å²) in [4.78, 5) is 7.46. The van der Waals surface area contributed by atoms with Crippen molar-refractivity contribution in [2.75, 3.05) is 19.6 Å². The van der Waals surface area contributed by atoms with Crippen molar-refractivity contribution in [2.24, 2.45) is 0 Å². The Balaban J connectivity index is 1.55. The van der Waals surface area contributed by atoms with E-state index in [2.05, 4.69) is 77.2 Å². The minimum absolute atomic E-state index is 0.745. The van der Waals surface area contributed by atoms with Gasteiger partial charge in [-0.3, -0.25) is 0 Å². The quantitative estimate of drug-likeness (QED) is 0.557. The Morgan fingerprint density at radius 1 is 1.04 bits per heavy atom. The van der Waals surface area contributed by atoms with Crippen LogP contribution in [0.15, 0.2) is 48.5 Å². The fourth-order valence-electron chi connectivity index (χ4n) is 3.84. The first kappa shape index (κ1) is 19.2. The number of nitrogens with zero attached hydrogens (tertiary/aromatic N) is 3. The van der Waals surface area contributed by atoms with Gasteiger partial charge in [0.15, 0.2) is 0 Å². The molecule has 0 amide bonds. The van der Waals surface area contributed by atoms with Crippen LogP contribution in [0.25, 0.3) is 22.4 Å². The van der Waals surface area contributed by atoms with Crippen LogP contribution in [0.1, 0.15) is 38.7 Å². The van der Waals surface area contributed by atoms with E-state index in [1.54, 1.807) is 0 Å². The number of rotatable bonds is 10. The van der Waals surface area contributed by atoms with E-state index in [0.717, 1.165) is 56.5 Å². The molecular formula is C24H32N4. The first-order valence-electron chi connectivity index (χ1n) is 10.8. The van der Waals surface area contributed by atoms with E-state index in [4.69, 9.17) is 4.98 Å². The van der Waals surface area contributed by atoms with E-state index in [-0.39, 0.29) is 0 Å². The molecule has 1 aliphatic carbocycles. The molecule has 0 radical (unpaired) electrons. The van der Waals surface area contributed by atoms with Crippen LogP contribution in [0.5, 0.6) is 0 Å². The highest BCUT2D eigenvalue weighted by atomic mass is 15.1. The van der Waals surface area contributed by atoms with Crippen molar-refractivity contribution in [1.82, 2.24) is 19.8 Å². The van der Waals surface area contributed by atoms with Gasteiger partial charge in [-0.15, -0.1) is 0 Å². The molecule has 1 aliphatic rings. The highest BCUT2D eigenvalue weighted by molar-refractivity contribution is 5.80. The summed E-state index contributed by atoms with van der Waals surface area (Å²) in [7, 11) is 0. The molecule has 1 aromatic heterocycles. The number of hydrogen-bond donors (Lipinski definition) is 1. The number of para-hydroxylation sites is 2. The van der Waals surface area contributed by atoms with Crippen molar-refractivity contribution in [3.63, 3.8) is 0 Å². The molecule has 1 fully saturated rings. The molecule has 0 aliphatic heterocycles. The smallest absolute Gasteiger partial charge is 0.141 e. The molecule has 148 valence electrons. The molecule has 0 unspecified atom stereocenters. The molecule has 2 aromatic carbocycles. The summed E-state index contributed by atoms with van der Waals surface area (Å²) in [5.74, 6) is 1.09. The summed E-state index contributed by atoms with van der Waals surface area (Å²) in [6.45, 7) is 9.80. The average Bonchev–Trinajstić information content (AvgIpc) is 3.50. The maximum Gasteiger partial charge on any atom is 0.141 e. The number of hydrogen-bond acceptors (Lipinski definition) is 3. The summed E-state index contributed by atoms with van der Waals surface area (Å²) < 4.78 is 2.40. The lowest BCUT2D eigenvalue weighted by molar-refractivity contribution is 0.294. The second kappa shape index (κ2) is 8.89. The maximum atomic E-state index is 4.97. The average molecular weight is 377 g/mol. The van der Waals surface area contributed by atoms with E-state index in [9.17, 15) is 0 Å². The Morgan fingerprint density at radius 3 is 2.50 bits per heavy atom. The van der Waals surface area contributed by atoms with Crippen molar-refractivity contribution in [2.45, 2.75) is 52.2 Å². The highest BCUT2D eigenvalue weighted by Gasteiger charge is 2.20. The van der Waals surface area contributed by atoms with Crippen LogP contribution in [0.2, 0.25) is 0 Å².